The van der Waals surface area contributed by atoms with Crippen LogP contribution in [0.3, 0.4) is 0 Å². The predicted octanol–water partition coefficient (Wildman–Crippen LogP) is 6.06. The van der Waals surface area contributed by atoms with Crippen molar-refractivity contribution in [2.75, 3.05) is 18.0 Å². The summed E-state index contributed by atoms with van der Waals surface area (Å²) in [5, 5.41) is 3.53. The first kappa shape index (κ1) is 31.7. The molecule has 0 heterocycles. The van der Waals surface area contributed by atoms with E-state index in [0.29, 0.717) is 5.75 Å². The third-order valence-electron chi connectivity index (χ3n) is 7.38. The van der Waals surface area contributed by atoms with E-state index >= 15 is 0 Å². The van der Waals surface area contributed by atoms with Crippen LogP contribution < -0.4 is 14.4 Å². The number of benzene rings is 3. The van der Waals surface area contributed by atoms with Gasteiger partial charge in [-0.15, -0.1) is 0 Å². The van der Waals surface area contributed by atoms with Crippen molar-refractivity contribution in [1.82, 2.24) is 10.2 Å². The first-order chi connectivity index (χ1) is 20.1. The second kappa shape index (κ2) is 14.3. The molecule has 0 spiro atoms. The van der Waals surface area contributed by atoms with Gasteiger partial charge >= 0.3 is 0 Å². The van der Waals surface area contributed by atoms with Gasteiger partial charge in [-0.25, -0.2) is 8.42 Å². The SMILES string of the molecule is COc1ccc(CN(C(=O)CN(c2cc(Cl)cc(Cl)c2)S(=O)(=O)c2ccccc2)[C@H](C)C(=O)NC2CCCCC2)cc1. The zero-order valence-corrected chi connectivity index (χ0v) is 26.0. The molecule has 0 saturated heterocycles. The summed E-state index contributed by atoms with van der Waals surface area (Å²) in [7, 11) is -2.65. The number of hydrogen-bond donors (Lipinski definition) is 1. The van der Waals surface area contributed by atoms with E-state index in [4.69, 9.17) is 27.9 Å². The number of nitrogens with zero attached hydrogens (tertiary/aromatic N) is 2. The van der Waals surface area contributed by atoms with Gasteiger partial charge in [0.15, 0.2) is 0 Å². The Morgan fingerprint density at radius 1 is 0.952 bits per heavy atom. The average molecular weight is 633 g/mol. The minimum atomic E-state index is -4.22. The van der Waals surface area contributed by atoms with E-state index in [-0.39, 0.29) is 39.1 Å². The molecule has 0 aliphatic heterocycles. The van der Waals surface area contributed by atoms with Gasteiger partial charge in [-0.3, -0.25) is 13.9 Å². The first-order valence-electron chi connectivity index (χ1n) is 13.8. The van der Waals surface area contributed by atoms with Crippen molar-refractivity contribution in [3.8, 4) is 5.75 Å². The summed E-state index contributed by atoms with van der Waals surface area (Å²) in [5.74, 6) is -0.197. The lowest BCUT2D eigenvalue weighted by molar-refractivity contribution is -0.139. The highest BCUT2D eigenvalue weighted by Crippen LogP contribution is 2.30. The standard InChI is InChI=1S/C31H35Cl2N3O5S/c1-22(31(38)34-26-9-5-3-6-10-26)35(20-23-13-15-28(41-2)16-14-23)30(37)21-36(27-18-24(32)17-25(33)19-27)42(39,40)29-11-7-4-8-12-29/h4,7-8,11-19,22,26H,3,5-6,9-10,20-21H2,1-2H3,(H,34,38)/t22-/m1/s1. The number of halogens is 2. The van der Waals surface area contributed by atoms with Gasteiger partial charge in [0.25, 0.3) is 10.0 Å². The van der Waals surface area contributed by atoms with E-state index in [9.17, 15) is 18.0 Å². The van der Waals surface area contributed by atoms with Gasteiger partial charge in [-0.05, 0) is 67.8 Å². The van der Waals surface area contributed by atoms with Crippen LogP contribution in [0.15, 0.2) is 77.7 Å². The van der Waals surface area contributed by atoms with Crippen molar-refractivity contribution >= 4 is 50.7 Å². The second-order valence-corrected chi connectivity index (χ2v) is 13.1. The van der Waals surface area contributed by atoms with Crippen LogP contribution in [-0.2, 0) is 26.2 Å². The number of ether oxygens (including phenoxy) is 1. The lowest BCUT2D eigenvalue weighted by Gasteiger charge is -2.33. The highest BCUT2D eigenvalue weighted by molar-refractivity contribution is 7.92. The van der Waals surface area contributed by atoms with Crippen LogP contribution in [0.1, 0.15) is 44.6 Å². The molecule has 0 bridgehead atoms. The lowest BCUT2D eigenvalue weighted by Crippen LogP contribution is -2.53. The number of hydrogen-bond acceptors (Lipinski definition) is 5. The van der Waals surface area contributed by atoms with Gasteiger partial charge in [-0.2, -0.15) is 0 Å². The lowest BCUT2D eigenvalue weighted by atomic mass is 9.95. The number of nitrogens with one attached hydrogen (secondary N) is 1. The number of carbonyl (C=O) groups excluding carboxylic acids is 2. The average Bonchev–Trinajstić information content (AvgIpc) is 2.98. The molecule has 1 atom stereocenters. The van der Waals surface area contributed by atoms with Crippen LogP contribution in [0.2, 0.25) is 10.0 Å². The minimum absolute atomic E-state index is 0.00121. The Morgan fingerprint density at radius 3 is 2.17 bits per heavy atom. The molecule has 0 radical (unpaired) electrons. The van der Waals surface area contributed by atoms with Crippen molar-refractivity contribution in [2.24, 2.45) is 0 Å². The molecule has 224 valence electrons. The van der Waals surface area contributed by atoms with E-state index in [2.05, 4.69) is 5.32 Å². The molecule has 1 aliphatic rings. The molecule has 1 aliphatic carbocycles. The smallest absolute Gasteiger partial charge is 0.264 e. The Bertz CT molecular complexity index is 1460. The zero-order chi connectivity index (χ0) is 30.3. The fourth-order valence-electron chi connectivity index (χ4n) is 5.01. The Morgan fingerprint density at radius 2 is 1.57 bits per heavy atom. The highest BCUT2D eigenvalue weighted by Gasteiger charge is 2.33. The predicted molar refractivity (Wildman–Crippen MR) is 165 cm³/mol. The largest absolute Gasteiger partial charge is 0.497 e. The molecule has 3 aromatic carbocycles. The van der Waals surface area contributed by atoms with E-state index in [1.54, 1.807) is 56.5 Å². The molecular formula is C31H35Cl2N3O5S. The van der Waals surface area contributed by atoms with Crippen molar-refractivity contribution in [1.29, 1.82) is 0 Å². The molecule has 1 saturated carbocycles. The van der Waals surface area contributed by atoms with E-state index < -0.39 is 28.5 Å². The molecule has 2 amide bonds. The Balaban J connectivity index is 1.69. The van der Waals surface area contributed by atoms with E-state index in [1.165, 1.54) is 35.2 Å². The Labute approximate surface area is 257 Å². The number of rotatable bonds is 11. The van der Waals surface area contributed by atoms with Gasteiger partial charge in [0.1, 0.15) is 18.3 Å². The summed E-state index contributed by atoms with van der Waals surface area (Å²) in [6.45, 7) is 1.16. The number of anilines is 1. The summed E-state index contributed by atoms with van der Waals surface area (Å²) < 4.78 is 34.0. The molecule has 1 N–H and O–H groups in total. The van der Waals surface area contributed by atoms with E-state index in [1.807, 2.05) is 0 Å². The van der Waals surface area contributed by atoms with Gasteiger partial charge in [0.05, 0.1) is 17.7 Å². The first-order valence-corrected chi connectivity index (χ1v) is 16.0. The summed E-state index contributed by atoms with van der Waals surface area (Å²) >= 11 is 12.5. The number of sulfonamides is 1. The molecule has 8 nitrogen and oxygen atoms in total. The van der Waals surface area contributed by atoms with Crippen molar-refractivity contribution < 1.29 is 22.7 Å². The number of carbonyl (C=O) groups is 2. The molecule has 11 heteroatoms. The normalized spacial score (nSPS) is 14.6. The Kier molecular flexibility index (Phi) is 10.8. The third-order valence-corrected chi connectivity index (χ3v) is 9.60. The summed E-state index contributed by atoms with van der Waals surface area (Å²) in [4.78, 5) is 28.9. The molecule has 4 rings (SSSR count). The second-order valence-electron chi connectivity index (χ2n) is 10.3. The van der Waals surface area contributed by atoms with Crippen LogP contribution in [-0.4, -0.2) is 50.9 Å². The van der Waals surface area contributed by atoms with Crippen LogP contribution in [0.4, 0.5) is 5.69 Å². The zero-order valence-electron chi connectivity index (χ0n) is 23.6. The highest BCUT2D eigenvalue weighted by atomic mass is 35.5. The summed E-state index contributed by atoms with van der Waals surface area (Å²) in [5.41, 5.74) is 0.887. The summed E-state index contributed by atoms with van der Waals surface area (Å²) in [6.07, 6.45) is 5.01. The fraction of sp³-hybridized carbons (Fsp3) is 0.355. The van der Waals surface area contributed by atoms with Crippen molar-refractivity contribution in [3.05, 3.63) is 88.4 Å². The third kappa shape index (κ3) is 7.96. The Hall–Kier alpha value is -3.27. The topological polar surface area (TPSA) is 96.0 Å². The van der Waals surface area contributed by atoms with Crippen LogP contribution in [0.25, 0.3) is 0 Å². The molecular weight excluding hydrogens is 597 g/mol. The molecule has 0 aromatic heterocycles. The molecule has 3 aromatic rings. The molecule has 1 fully saturated rings. The van der Waals surface area contributed by atoms with Crippen LogP contribution in [0, 0.1) is 0 Å². The van der Waals surface area contributed by atoms with Gasteiger partial charge in [0, 0.05) is 22.6 Å². The fourth-order valence-corrected chi connectivity index (χ4v) is 6.94. The van der Waals surface area contributed by atoms with E-state index in [0.717, 1.165) is 42.0 Å². The van der Waals surface area contributed by atoms with Gasteiger partial charge in [0.2, 0.25) is 11.8 Å². The maximum atomic E-state index is 14.1. The maximum Gasteiger partial charge on any atom is 0.264 e. The minimum Gasteiger partial charge on any atom is -0.497 e. The number of amides is 2. The van der Waals surface area contributed by atoms with Crippen LogP contribution in [0.5, 0.6) is 5.75 Å². The molecule has 42 heavy (non-hydrogen) atoms. The van der Waals surface area contributed by atoms with Gasteiger partial charge < -0.3 is 15.0 Å². The van der Waals surface area contributed by atoms with Crippen molar-refractivity contribution in [2.45, 2.75) is 62.6 Å². The maximum absolute atomic E-state index is 14.1. The van der Waals surface area contributed by atoms with Gasteiger partial charge in [-0.1, -0.05) is 72.8 Å². The number of methoxy groups -OCH3 is 1. The molecule has 0 unspecified atom stereocenters. The van der Waals surface area contributed by atoms with Crippen LogP contribution >= 0.6 is 23.2 Å². The van der Waals surface area contributed by atoms with Crippen molar-refractivity contribution in [3.63, 3.8) is 0 Å². The summed E-state index contributed by atoms with van der Waals surface area (Å²) in [6, 6.07) is 18.5. The quantitative estimate of drug-likeness (QED) is 0.277. The monoisotopic (exact) mass is 631 g/mol.